The van der Waals surface area contributed by atoms with Crippen LogP contribution >= 0.6 is 23.2 Å². The zero-order chi connectivity index (χ0) is 16.7. The summed E-state index contributed by atoms with van der Waals surface area (Å²) in [6.45, 7) is 0.585. The van der Waals surface area contributed by atoms with Gasteiger partial charge in [-0.15, -0.1) is 23.2 Å². The Bertz CT molecular complexity index is 578. The van der Waals surface area contributed by atoms with Crippen molar-refractivity contribution in [1.29, 1.82) is 0 Å². The van der Waals surface area contributed by atoms with Crippen molar-refractivity contribution in [2.24, 2.45) is 0 Å². The van der Waals surface area contributed by atoms with Gasteiger partial charge in [0.25, 0.3) is 17.3 Å². The maximum atomic E-state index is 12.1. The quantitative estimate of drug-likeness (QED) is 0.434. The number of nitrogens with one attached hydrogen (secondary N) is 1. The van der Waals surface area contributed by atoms with Crippen LogP contribution in [0.15, 0.2) is 18.2 Å². The van der Waals surface area contributed by atoms with E-state index in [4.69, 9.17) is 23.2 Å². The summed E-state index contributed by atoms with van der Waals surface area (Å²) in [5.41, 5.74) is 1.02. The molecule has 0 heterocycles. The smallest absolute Gasteiger partial charge is 0.284 e. The Balaban J connectivity index is 3.06. The standard InChI is InChI=1S/C11H12Cl2N4O5/c12-3-5-15(6-4-13)14-11(18)9-2-1-8(16(19)20)7-10(9)17(21)22/h1-2,7H,3-6H2,(H,14,18). The summed E-state index contributed by atoms with van der Waals surface area (Å²) < 4.78 is 0. The van der Waals surface area contributed by atoms with E-state index in [2.05, 4.69) is 5.43 Å². The average molecular weight is 351 g/mol. The summed E-state index contributed by atoms with van der Waals surface area (Å²) in [5, 5.41) is 23.0. The number of nitrogens with zero attached hydrogens (tertiary/aromatic N) is 3. The number of nitro benzene ring substituents is 2. The van der Waals surface area contributed by atoms with Crippen molar-refractivity contribution >= 4 is 40.5 Å². The van der Waals surface area contributed by atoms with Gasteiger partial charge in [-0.05, 0) is 6.07 Å². The minimum Gasteiger partial charge on any atom is -0.284 e. The molecular weight excluding hydrogens is 339 g/mol. The molecule has 0 radical (unpaired) electrons. The van der Waals surface area contributed by atoms with Crippen LogP contribution in [0.4, 0.5) is 11.4 Å². The molecular formula is C11H12Cl2N4O5. The molecule has 1 aromatic carbocycles. The molecule has 0 aromatic heterocycles. The Morgan fingerprint density at radius 2 is 1.73 bits per heavy atom. The van der Waals surface area contributed by atoms with Crippen molar-refractivity contribution in [3.8, 4) is 0 Å². The van der Waals surface area contributed by atoms with Gasteiger partial charge in [0.2, 0.25) is 0 Å². The van der Waals surface area contributed by atoms with Crippen LogP contribution in [0.3, 0.4) is 0 Å². The summed E-state index contributed by atoms with van der Waals surface area (Å²) in [6, 6.07) is 2.79. The summed E-state index contributed by atoms with van der Waals surface area (Å²) in [4.78, 5) is 32.1. The molecule has 0 unspecified atom stereocenters. The predicted octanol–water partition coefficient (Wildman–Crippen LogP) is 1.93. The van der Waals surface area contributed by atoms with E-state index in [-0.39, 0.29) is 17.3 Å². The minimum absolute atomic E-state index is 0.222. The van der Waals surface area contributed by atoms with Gasteiger partial charge < -0.3 is 0 Å². The lowest BCUT2D eigenvalue weighted by molar-refractivity contribution is -0.394. The van der Waals surface area contributed by atoms with Crippen LogP contribution in [0.1, 0.15) is 10.4 Å². The number of amides is 1. The Labute approximate surface area is 135 Å². The highest BCUT2D eigenvalue weighted by atomic mass is 35.5. The number of carbonyl (C=O) groups is 1. The van der Waals surface area contributed by atoms with Gasteiger partial charge in [0.05, 0.1) is 15.9 Å². The van der Waals surface area contributed by atoms with Crippen molar-refractivity contribution in [2.45, 2.75) is 0 Å². The fourth-order valence-electron chi connectivity index (χ4n) is 1.61. The van der Waals surface area contributed by atoms with E-state index in [1.165, 1.54) is 5.01 Å². The van der Waals surface area contributed by atoms with Crippen LogP contribution in [-0.4, -0.2) is 45.6 Å². The normalized spacial score (nSPS) is 10.5. The topological polar surface area (TPSA) is 119 Å². The average Bonchev–Trinajstić information content (AvgIpc) is 2.46. The SMILES string of the molecule is O=C(NN(CCCl)CCCl)c1ccc([N+](=O)[O-])cc1[N+](=O)[O-]. The molecule has 1 rings (SSSR count). The fourth-order valence-corrected chi connectivity index (χ4v) is 2.02. The van der Waals surface area contributed by atoms with Gasteiger partial charge in [-0.2, -0.15) is 0 Å². The number of rotatable bonds is 8. The van der Waals surface area contributed by atoms with Crippen LogP contribution in [0.25, 0.3) is 0 Å². The third-order valence-corrected chi connectivity index (χ3v) is 2.94. The molecule has 22 heavy (non-hydrogen) atoms. The van der Waals surface area contributed by atoms with E-state index in [1.54, 1.807) is 0 Å². The van der Waals surface area contributed by atoms with Crippen LogP contribution in [0, 0.1) is 20.2 Å². The molecule has 120 valence electrons. The van der Waals surface area contributed by atoms with Crippen molar-refractivity contribution < 1.29 is 14.6 Å². The number of benzene rings is 1. The maximum Gasteiger partial charge on any atom is 0.289 e. The first-order valence-corrected chi connectivity index (χ1v) is 7.08. The molecule has 0 spiro atoms. The van der Waals surface area contributed by atoms with Gasteiger partial charge in [-0.3, -0.25) is 30.4 Å². The van der Waals surface area contributed by atoms with Gasteiger partial charge in [-0.1, -0.05) is 0 Å². The lowest BCUT2D eigenvalue weighted by Crippen LogP contribution is -2.44. The molecule has 0 aliphatic carbocycles. The second-order valence-electron chi connectivity index (χ2n) is 4.02. The molecule has 0 fully saturated rings. The Morgan fingerprint density at radius 3 is 2.18 bits per heavy atom. The van der Waals surface area contributed by atoms with E-state index in [0.29, 0.717) is 13.1 Å². The van der Waals surface area contributed by atoms with E-state index in [0.717, 1.165) is 18.2 Å². The van der Waals surface area contributed by atoms with E-state index in [1.807, 2.05) is 0 Å². The second kappa shape index (κ2) is 8.47. The summed E-state index contributed by atoms with van der Waals surface area (Å²) in [6.07, 6.45) is 0. The first kappa shape index (κ1) is 18.1. The van der Waals surface area contributed by atoms with Crippen LogP contribution in [0.5, 0.6) is 0 Å². The van der Waals surface area contributed by atoms with Crippen LogP contribution in [-0.2, 0) is 0 Å². The zero-order valence-electron chi connectivity index (χ0n) is 11.2. The monoisotopic (exact) mass is 350 g/mol. The van der Waals surface area contributed by atoms with Crippen molar-refractivity contribution in [3.05, 3.63) is 44.0 Å². The third-order valence-electron chi connectivity index (χ3n) is 2.60. The molecule has 11 heteroatoms. The molecule has 0 aliphatic heterocycles. The Morgan fingerprint density at radius 1 is 1.14 bits per heavy atom. The molecule has 0 bridgehead atoms. The largest absolute Gasteiger partial charge is 0.289 e. The number of hydrogen-bond donors (Lipinski definition) is 1. The first-order chi connectivity index (χ1) is 10.4. The highest BCUT2D eigenvalue weighted by Gasteiger charge is 2.25. The van der Waals surface area contributed by atoms with E-state index in [9.17, 15) is 25.0 Å². The summed E-state index contributed by atoms with van der Waals surface area (Å²) in [5.74, 6) is -0.323. The number of hydrogen-bond acceptors (Lipinski definition) is 6. The van der Waals surface area contributed by atoms with Gasteiger partial charge in [0, 0.05) is 30.9 Å². The highest BCUT2D eigenvalue weighted by Crippen LogP contribution is 2.24. The summed E-state index contributed by atoms with van der Waals surface area (Å²) >= 11 is 11.2. The number of hydrazine groups is 1. The number of carbonyl (C=O) groups excluding carboxylic acids is 1. The molecule has 1 amide bonds. The van der Waals surface area contributed by atoms with E-state index < -0.39 is 27.1 Å². The zero-order valence-corrected chi connectivity index (χ0v) is 12.7. The number of non-ortho nitro benzene ring substituents is 1. The Hall–Kier alpha value is -1.97. The number of alkyl halides is 2. The lowest BCUT2D eigenvalue weighted by Gasteiger charge is -2.20. The van der Waals surface area contributed by atoms with Crippen molar-refractivity contribution in [3.63, 3.8) is 0 Å². The van der Waals surface area contributed by atoms with Crippen LogP contribution in [0.2, 0.25) is 0 Å². The van der Waals surface area contributed by atoms with E-state index >= 15 is 0 Å². The highest BCUT2D eigenvalue weighted by molar-refractivity contribution is 6.18. The lowest BCUT2D eigenvalue weighted by atomic mass is 10.1. The van der Waals surface area contributed by atoms with Gasteiger partial charge in [0.15, 0.2) is 0 Å². The van der Waals surface area contributed by atoms with Gasteiger partial charge in [0.1, 0.15) is 5.56 Å². The van der Waals surface area contributed by atoms with Crippen molar-refractivity contribution in [1.82, 2.24) is 10.4 Å². The molecule has 0 saturated carbocycles. The molecule has 0 aliphatic rings. The molecule has 1 N–H and O–H groups in total. The first-order valence-electron chi connectivity index (χ1n) is 6.01. The molecule has 1 aromatic rings. The molecule has 9 nitrogen and oxygen atoms in total. The summed E-state index contributed by atoms with van der Waals surface area (Å²) in [7, 11) is 0. The fraction of sp³-hybridized carbons (Fsp3) is 0.364. The number of halogens is 2. The minimum atomic E-state index is -0.852. The molecule has 0 atom stereocenters. The maximum absolute atomic E-state index is 12.1. The predicted molar refractivity (Wildman–Crippen MR) is 80.2 cm³/mol. The van der Waals surface area contributed by atoms with Crippen LogP contribution < -0.4 is 5.43 Å². The number of nitro groups is 2. The molecule has 0 saturated heterocycles. The second-order valence-corrected chi connectivity index (χ2v) is 4.78. The van der Waals surface area contributed by atoms with Gasteiger partial charge >= 0.3 is 0 Å². The Kier molecular flexibility index (Phi) is 6.96. The third kappa shape index (κ3) is 4.79. The van der Waals surface area contributed by atoms with Gasteiger partial charge in [-0.25, -0.2) is 5.01 Å². The van der Waals surface area contributed by atoms with Crippen molar-refractivity contribution in [2.75, 3.05) is 24.8 Å².